The number of amides is 3. The zero-order valence-electron chi connectivity index (χ0n) is 12.6. The third kappa shape index (κ3) is 3.58. The summed E-state index contributed by atoms with van der Waals surface area (Å²) >= 11 is 1.48. The highest BCUT2D eigenvalue weighted by Crippen LogP contribution is 2.26. The molecule has 0 saturated carbocycles. The molecule has 1 aliphatic rings. The molecule has 0 aromatic rings. The van der Waals surface area contributed by atoms with Crippen LogP contribution < -0.4 is 0 Å². The zero-order chi connectivity index (χ0) is 16.2. The van der Waals surface area contributed by atoms with Crippen LogP contribution in [0.1, 0.15) is 20.3 Å². The van der Waals surface area contributed by atoms with Crippen LogP contribution in [0.15, 0.2) is 12.7 Å². The largest absolute Gasteiger partial charge is 0.480 e. The van der Waals surface area contributed by atoms with Gasteiger partial charge in [-0.25, -0.2) is 14.5 Å². The summed E-state index contributed by atoms with van der Waals surface area (Å²) in [6.07, 6.45) is 3.65. The number of carbonyl (C=O) groups excluding carboxylic acids is 2. The molecule has 0 bridgehead atoms. The van der Waals surface area contributed by atoms with E-state index in [0.717, 1.165) is 4.90 Å². The Hall–Kier alpha value is -1.50. The average Bonchev–Trinajstić information content (AvgIpc) is 2.63. The van der Waals surface area contributed by atoms with Crippen LogP contribution in [0.2, 0.25) is 0 Å². The molecule has 0 spiro atoms. The van der Waals surface area contributed by atoms with E-state index in [-0.39, 0.29) is 18.9 Å². The van der Waals surface area contributed by atoms with Crippen LogP contribution in [-0.2, 0) is 9.59 Å². The molecule has 1 N–H and O–H groups in total. The number of imide groups is 1. The van der Waals surface area contributed by atoms with Gasteiger partial charge in [0.15, 0.2) is 0 Å². The number of hydrogen-bond donors (Lipinski definition) is 1. The second-order valence-corrected chi connectivity index (χ2v) is 6.24. The highest BCUT2D eigenvalue weighted by Gasteiger charge is 2.50. The molecule has 1 saturated heterocycles. The SMILES string of the molecule is C=CCN1C(=O)N(C(CCSC)C(=O)O)C(=O)C1C(C)C. The quantitative estimate of drug-likeness (QED) is 0.544. The van der Waals surface area contributed by atoms with Gasteiger partial charge in [-0.15, -0.1) is 6.58 Å². The van der Waals surface area contributed by atoms with Gasteiger partial charge in [-0.1, -0.05) is 19.9 Å². The van der Waals surface area contributed by atoms with Crippen LogP contribution in [0.25, 0.3) is 0 Å². The molecule has 0 aromatic carbocycles. The Morgan fingerprint density at radius 1 is 1.48 bits per heavy atom. The molecule has 7 heteroatoms. The number of carboxylic acids is 1. The van der Waals surface area contributed by atoms with Crippen molar-refractivity contribution >= 4 is 29.7 Å². The van der Waals surface area contributed by atoms with E-state index in [9.17, 15) is 19.5 Å². The fourth-order valence-electron chi connectivity index (χ4n) is 2.48. The lowest BCUT2D eigenvalue weighted by Crippen LogP contribution is -2.46. The summed E-state index contributed by atoms with van der Waals surface area (Å²) in [6, 6.07) is -2.26. The van der Waals surface area contributed by atoms with Gasteiger partial charge in [0, 0.05) is 6.54 Å². The lowest BCUT2D eigenvalue weighted by molar-refractivity contribution is -0.147. The number of nitrogens with zero attached hydrogens (tertiary/aromatic N) is 2. The van der Waals surface area contributed by atoms with Crippen molar-refractivity contribution in [2.75, 3.05) is 18.6 Å². The normalized spacial score (nSPS) is 20.3. The van der Waals surface area contributed by atoms with Crippen LogP contribution in [-0.4, -0.2) is 63.5 Å². The fourth-order valence-corrected chi connectivity index (χ4v) is 2.94. The van der Waals surface area contributed by atoms with E-state index in [1.807, 2.05) is 20.1 Å². The molecule has 2 unspecified atom stereocenters. The van der Waals surface area contributed by atoms with Crippen LogP contribution in [0.5, 0.6) is 0 Å². The van der Waals surface area contributed by atoms with Gasteiger partial charge < -0.3 is 10.0 Å². The summed E-state index contributed by atoms with van der Waals surface area (Å²) in [4.78, 5) is 38.7. The summed E-state index contributed by atoms with van der Waals surface area (Å²) in [5.74, 6) is -1.08. The third-order valence-corrected chi connectivity index (χ3v) is 4.07. The number of thioether (sulfide) groups is 1. The first kappa shape index (κ1) is 17.6. The molecule has 3 amide bonds. The van der Waals surface area contributed by atoms with Crippen molar-refractivity contribution in [3.63, 3.8) is 0 Å². The van der Waals surface area contributed by atoms with E-state index in [4.69, 9.17) is 0 Å². The first-order chi connectivity index (χ1) is 9.86. The predicted octanol–water partition coefficient (Wildman–Crippen LogP) is 1.67. The Morgan fingerprint density at radius 3 is 2.52 bits per heavy atom. The summed E-state index contributed by atoms with van der Waals surface area (Å²) in [7, 11) is 0. The van der Waals surface area contributed by atoms with Crippen molar-refractivity contribution in [2.45, 2.75) is 32.4 Å². The van der Waals surface area contributed by atoms with Crippen LogP contribution in [0.3, 0.4) is 0 Å². The van der Waals surface area contributed by atoms with E-state index >= 15 is 0 Å². The molecular weight excluding hydrogens is 292 g/mol. The Bertz CT molecular complexity index is 439. The van der Waals surface area contributed by atoms with Crippen molar-refractivity contribution in [3.8, 4) is 0 Å². The first-order valence-electron chi connectivity index (χ1n) is 6.83. The van der Waals surface area contributed by atoms with Crippen molar-refractivity contribution < 1.29 is 19.5 Å². The number of hydrogen-bond acceptors (Lipinski definition) is 4. The minimum atomic E-state index is -1.14. The lowest BCUT2D eigenvalue weighted by atomic mass is 10.0. The average molecular weight is 314 g/mol. The van der Waals surface area contributed by atoms with Gasteiger partial charge in [0.25, 0.3) is 5.91 Å². The van der Waals surface area contributed by atoms with Gasteiger partial charge in [0.1, 0.15) is 12.1 Å². The first-order valence-corrected chi connectivity index (χ1v) is 8.22. The van der Waals surface area contributed by atoms with E-state index in [1.165, 1.54) is 16.7 Å². The number of carboxylic acid groups (broad SMARTS) is 1. The maximum atomic E-state index is 12.5. The van der Waals surface area contributed by atoms with Crippen LogP contribution in [0, 0.1) is 5.92 Å². The standard InChI is InChI=1S/C14H22N2O4S/c1-5-7-15-11(9(2)3)12(17)16(14(15)20)10(13(18)19)6-8-21-4/h5,9-11H,1,6-8H2,2-4H3,(H,18,19). The summed E-state index contributed by atoms with van der Waals surface area (Å²) in [5, 5.41) is 9.34. The fraction of sp³-hybridized carbons (Fsp3) is 0.643. The number of rotatable bonds is 8. The molecule has 0 aliphatic carbocycles. The van der Waals surface area contributed by atoms with Crippen molar-refractivity contribution in [1.82, 2.24) is 9.80 Å². The molecule has 1 fully saturated rings. The minimum Gasteiger partial charge on any atom is -0.480 e. The van der Waals surface area contributed by atoms with Crippen LogP contribution >= 0.6 is 11.8 Å². The van der Waals surface area contributed by atoms with E-state index in [1.54, 1.807) is 6.08 Å². The number of urea groups is 1. The monoisotopic (exact) mass is 314 g/mol. The van der Waals surface area contributed by atoms with Crippen molar-refractivity contribution in [2.24, 2.45) is 5.92 Å². The zero-order valence-corrected chi connectivity index (χ0v) is 13.4. The van der Waals surface area contributed by atoms with Crippen LogP contribution in [0.4, 0.5) is 4.79 Å². The van der Waals surface area contributed by atoms with E-state index in [0.29, 0.717) is 5.75 Å². The summed E-state index contributed by atoms with van der Waals surface area (Å²) < 4.78 is 0. The second kappa shape index (κ2) is 7.49. The summed E-state index contributed by atoms with van der Waals surface area (Å²) in [6.45, 7) is 7.50. The molecule has 1 aliphatic heterocycles. The van der Waals surface area contributed by atoms with E-state index in [2.05, 4.69) is 6.58 Å². The highest BCUT2D eigenvalue weighted by molar-refractivity contribution is 7.98. The molecule has 1 heterocycles. The molecule has 118 valence electrons. The van der Waals surface area contributed by atoms with E-state index < -0.39 is 30.0 Å². The highest BCUT2D eigenvalue weighted by atomic mass is 32.2. The molecule has 2 atom stereocenters. The van der Waals surface area contributed by atoms with Gasteiger partial charge in [-0.2, -0.15) is 11.8 Å². The van der Waals surface area contributed by atoms with Crippen molar-refractivity contribution in [1.29, 1.82) is 0 Å². The maximum absolute atomic E-state index is 12.5. The maximum Gasteiger partial charge on any atom is 0.328 e. The number of carbonyl (C=O) groups is 3. The third-order valence-electron chi connectivity index (χ3n) is 3.43. The second-order valence-electron chi connectivity index (χ2n) is 5.26. The van der Waals surface area contributed by atoms with Gasteiger partial charge in [0.05, 0.1) is 0 Å². The molecule has 1 rings (SSSR count). The van der Waals surface area contributed by atoms with Gasteiger partial charge in [0.2, 0.25) is 0 Å². The van der Waals surface area contributed by atoms with Gasteiger partial charge in [-0.3, -0.25) is 4.79 Å². The topological polar surface area (TPSA) is 77.9 Å². The smallest absolute Gasteiger partial charge is 0.328 e. The Labute approximate surface area is 129 Å². The van der Waals surface area contributed by atoms with Gasteiger partial charge >= 0.3 is 12.0 Å². The lowest BCUT2D eigenvalue weighted by Gasteiger charge is -2.23. The molecule has 6 nitrogen and oxygen atoms in total. The Balaban J connectivity index is 3.10. The van der Waals surface area contributed by atoms with Gasteiger partial charge in [-0.05, 0) is 24.3 Å². The predicted molar refractivity (Wildman–Crippen MR) is 82.2 cm³/mol. The molecule has 0 radical (unpaired) electrons. The Kier molecular flexibility index (Phi) is 6.26. The minimum absolute atomic E-state index is 0.0820. The molecule has 21 heavy (non-hydrogen) atoms. The van der Waals surface area contributed by atoms with Crippen molar-refractivity contribution in [3.05, 3.63) is 12.7 Å². The molecule has 0 aromatic heterocycles. The number of aliphatic carboxylic acids is 1. The molecular formula is C14H22N2O4S. The Morgan fingerprint density at radius 2 is 2.10 bits per heavy atom. The summed E-state index contributed by atoms with van der Waals surface area (Å²) in [5.41, 5.74) is 0.